The molecule has 0 aliphatic carbocycles. The van der Waals surface area contributed by atoms with E-state index in [1.165, 1.54) is 10.6 Å². The minimum atomic E-state index is -3.08. The number of carbonyl (C=O) groups excluding carboxylic acids is 1. The number of hydrogen-bond donors (Lipinski definition) is 0. The maximum absolute atomic E-state index is 11.5. The van der Waals surface area contributed by atoms with Crippen LogP contribution in [-0.2, 0) is 14.8 Å². The predicted molar refractivity (Wildman–Crippen MR) is 67.1 cm³/mol. The van der Waals surface area contributed by atoms with Gasteiger partial charge in [-0.2, -0.15) is 0 Å². The summed E-state index contributed by atoms with van der Waals surface area (Å²) in [6.45, 7) is 1.19. The lowest BCUT2D eigenvalue weighted by Gasteiger charge is -2.31. The van der Waals surface area contributed by atoms with Crippen LogP contribution in [0.15, 0.2) is 0 Å². The van der Waals surface area contributed by atoms with E-state index < -0.39 is 10.0 Å². The molecule has 1 saturated heterocycles. The van der Waals surface area contributed by atoms with Crippen molar-refractivity contribution in [2.75, 3.05) is 33.4 Å². The third-order valence-corrected chi connectivity index (χ3v) is 4.49. The highest BCUT2D eigenvalue weighted by Crippen LogP contribution is 2.22. The molecule has 17 heavy (non-hydrogen) atoms. The fourth-order valence-electron chi connectivity index (χ4n) is 2.11. The standard InChI is InChI=1S/C11H22N2O3S/c1-12(2)11(14)7-6-10-5-4-8-13(9-10)17(3,15)16/h10H,4-9H2,1-3H3. The number of sulfonamides is 1. The monoisotopic (exact) mass is 262 g/mol. The van der Waals surface area contributed by atoms with Gasteiger partial charge in [-0.25, -0.2) is 12.7 Å². The fraction of sp³-hybridized carbons (Fsp3) is 0.909. The Kier molecular flexibility index (Phi) is 4.94. The molecule has 1 amide bonds. The van der Waals surface area contributed by atoms with Crippen LogP contribution in [0.5, 0.6) is 0 Å². The minimum Gasteiger partial charge on any atom is -0.349 e. The summed E-state index contributed by atoms with van der Waals surface area (Å²) < 4.78 is 24.4. The Bertz CT molecular complexity index is 365. The molecule has 0 spiro atoms. The zero-order chi connectivity index (χ0) is 13.1. The van der Waals surface area contributed by atoms with Gasteiger partial charge in [-0.05, 0) is 25.2 Å². The van der Waals surface area contributed by atoms with E-state index in [0.29, 0.717) is 25.4 Å². The third kappa shape index (κ3) is 4.63. The van der Waals surface area contributed by atoms with Gasteiger partial charge in [0.15, 0.2) is 0 Å². The molecule has 100 valence electrons. The predicted octanol–water partition coefficient (Wildman–Crippen LogP) is 0.526. The Labute approximate surface area is 104 Å². The van der Waals surface area contributed by atoms with Gasteiger partial charge in [0.2, 0.25) is 15.9 Å². The molecular formula is C11H22N2O3S. The number of hydrogen-bond acceptors (Lipinski definition) is 3. The molecule has 0 saturated carbocycles. The van der Waals surface area contributed by atoms with Gasteiger partial charge in [-0.1, -0.05) is 0 Å². The Hall–Kier alpha value is -0.620. The van der Waals surface area contributed by atoms with Gasteiger partial charge >= 0.3 is 0 Å². The van der Waals surface area contributed by atoms with Crippen molar-refractivity contribution in [3.8, 4) is 0 Å². The summed E-state index contributed by atoms with van der Waals surface area (Å²) in [4.78, 5) is 13.0. The summed E-state index contributed by atoms with van der Waals surface area (Å²) >= 11 is 0. The van der Waals surface area contributed by atoms with E-state index in [1.807, 2.05) is 0 Å². The van der Waals surface area contributed by atoms with Crippen molar-refractivity contribution in [1.29, 1.82) is 0 Å². The number of nitrogens with zero attached hydrogens (tertiary/aromatic N) is 2. The topological polar surface area (TPSA) is 57.7 Å². The third-order valence-electron chi connectivity index (χ3n) is 3.22. The van der Waals surface area contributed by atoms with Crippen molar-refractivity contribution >= 4 is 15.9 Å². The highest BCUT2D eigenvalue weighted by molar-refractivity contribution is 7.88. The first-order valence-corrected chi connectivity index (χ1v) is 7.81. The van der Waals surface area contributed by atoms with Crippen molar-refractivity contribution in [2.24, 2.45) is 5.92 Å². The lowest BCUT2D eigenvalue weighted by atomic mass is 9.94. The Balaban J connectivity index is 2.43. The van der Waals surface area contributed by atoms with E-state index in [9.17, 15) is 13.2 Å². The zero-order valence-corrected chi connectivity index (χ0v) is 11.7. The normalized spacial score (nSPS) is 22.4. The van der Waals surface area contributed by atoms with Crippen molar-refractivity contribution in [3.05, 3.63) is 0 Å². The molecule has 6 heteroatoms. The van der Waals surface area contributed by atoms with Crippen LogP contribution in [-0.4, -0.2) is 57.0 Å². The smallest absolute Gasteiger partial charge is 0.222 e. The molecule has 0 aromatic heterocycles. The van der Waals surface area contributed by atoms with Gasteiger partial charge in [-0.15, -0.1) is 0 Å². The second kappa shape index (κ2) is 5.82. The molecule has 1 atom stereocenters. The van der Waals surface area contributed by atoms with E-state index in [-0.39, 0.29) is 5.91 Å². The molecule has 0 bridgehead atoms. The highest BCUT2D eigenvalue weighted by Gasteiger charge is 2.26. The van der Waals surface area contributed by atoms with Crippen LogP contribution in [0.2, 0.25) is 0 Å². The van der Waals surface area contributed by atoms with Crippen LogP contribution < -0.4 is 0 Å². The molecule has 1 heterocycles. The summed E-state index contributed by atoms with van der Waals surface area (Å²) in [7, 11) is 0.408. The average molecular weight is 262 g/mol. The quantitative estimate of drug-likeness (QED) is 0.742. The molecule has 0 aromatic carbocycles. The zero-order valence-electron chi connectivity index (χ0n) is 10.8. The van der Waals surface area contributed by atoms with Gasteiger partial charge in [0.25, 0.3) is 0 Å². The van der Waals surface area contributed by atoms with Crippen LogP contribution in [0.1, 0.15) is 25.7 Å². The van der Waals surface area contributed by atoms with E-state index in [1.54, 1.807) is 19.0 Å². The number of piperidine rings is 1. The van der Waals surface area contributed by atoms with Crippen molar-refractivity contribution in [1.82, 2.24) is 9.21 Å². The Morgan fingerprint density at radius 1 is 1.41 bits per heavy atom. The van der Waals surface area contributed by atoms with Crippen LogP contribution in [0, 0.1) is 5.92 Å². The fourth-order valence-corrected chi connectivity index (χ4v) is 3.06. The summed E-state index contributed by atoms with van der Waals surface area (Å²) in [6.07, 6.45) is 4.46. The van der Waals surface area contributed by atoms with Gasteiger partial charge in [-0.3, -0.25) is 4.79 Å². The van der Waals surface area contributed by atoms with Crippen LogP contribution in [0.3, 0.4) is 0 Å². The van der Waals surface area contributed by atoms with Gasteiger partial charge in [0.05, 0.1) is 6.26 Å². The van der Waals surface area contributed by atoms with Crippen molar-refractivity contribution in [2.45, 2.75) is 25.7 Å². The lowest BCUT2D eigenvalue weighted by molar-refractivity contribution is -0.129. The number of carbonyl (C=O) groups is 1. The first-order valence-electron chi connectivity index (χ1n) is 5.96. The summed E-state index contributed by atoms with van der Waals surface area (Å²) in [5.74, 6) is 0.434. The van der Waals surface area contributed by atoms with E-state index >= 15 is 0 Å². The summed E-state index contributed by atoms with van der Waals surface area (Å²) in [5.41, 5.74) is 0. The van der Waals surface area contributed by atoms with E-state index in [2.05, 4.69) is 0 Å². The van der Waals surface area contributed by atoms with Crippen LogP contribution >= 0.6 is 0 Å². The van der Waals surface area contributed by atoms with Crippen LogP contribution in [0.4, 0.5) is 0 Å². The highest BCUT2D eigenvalue weighted by atomic mass is 32.2. The molecule has 1 aliphatic rings. The Morgan fingerprint density at radius 3 is 2.59 bits per heavy atom. The molecule has 0 N–H and O–H groups in total. The first kappa shape index (κ1) is 14.4. The molecule has 0 radical (unpaired) electrons. The summed E-state index contributed by atoms with van der Waals surface area (Å²) in [6, 6.07) is 0. The van der Waals surface area contributed by atoms with Gasteiger partial charge in [0.1, 0.15) is 0 Å². The maximum atomic E-state index is 11.5. The van der Waals surface area contributed by atoms with E-state index in [0.717, 1.165) is 19.3 Å². The van der Waals surface area contributed by atoms with E-state index in [4.69, 9.17) is 0 Å². The largest absolute Gasteiger partial charge is 0.349 e. The molecule has 5 nitrogen and oxygen atoms in total. The number of amides is 1. The lowest BCUT2D eigenvalue weighted by Crippen LogP contribution is -2.39. The summed E-state index contributed by atoms with van der Waals surface area (Å²) in [5, 5.41) is 0. The van der Waals surface area contributed by atoms with Gasteiger partial charge < -0.3 is 4.90 Å². The minimum absolute atomic E-state index is 0.112. The van der Waals surface area contributed by atoms with Crippen molar-refractivity contribution < 1.29 is 13.2 Å². The maximum Gasteiger partial charge on any atom is 0.222 e. The van der Waals surface area contributed by atoms with Crippen molar-refractivity contribution in [3.63, 3.8) is 0 Å². The molecule has 0 aromatic rings. The second-order valence-corrected chi connectivity index (χ2v) is 6.94. The molecule has 1 aliphatic heterocycles. The molecular weight excluding hydrogens is 240 g/mol. The molecule has 1 fully saturated rings. The molecule has 1 unspecified atom stereocenters. The van der Waals surface area contributed by atoms with Gasteiger partial charge in [0, 0.05) is 33.6 Å². The van der Waals surface area contributed by atoms with Crippen LogP contribution in [0.25, 0.3) is 0 Å². The molecule has 1 rings (SSSR count). The second-order valence-electron chi connectivity index (χ2n) is 4.96. The average Bonchev–Trinajstić information content (AvgIpc) is 2.25. The Morgan fingerprint density at radius 2 is 2.06 bits per heavy atom. The first-order chi connectivity index (χ1) is 7.80. The number of rotatable bonds is 4. The SMILES string of the molecule is CN(C)C(=O)CCC1CCCN(S(C)(=O)=O)C1.